The molecular weight excluding hydrogens is 190 g/mol. The maximum atomic E-state index is 11.3. The lowest BCUT2D eigenvalue weighted by Crippen LogP contribution is -2.22. The van der Waals surface area contributed by atoms with Crippen molar-refractivity contribution in [2.45, 2.75) is 20.3 Å². The largest absolute Gasteiger partial charge is 0.465 e. The third kappa shape index (κ3) is 5.05. The minimum Gasteiger partial charge on any atom is -0.465 e. The van der Waals surface area contributed by atoms with Crippen molar-refractivity contribution in [1.82, 2.24) is 5.32 Å². The molecule has 1 heterocycles. The van der Waals surface area contributed by atoms with E-state index in [9.17, 15) is 4.79 Å². The van der Waals surface area contributed by atoms with E-state index in [1.54, 1.807) is 24.5 Å². The van der Waals surface area contributed by atoms with E-state index < -0.39 is 0 Å². The van der Waals surface area contributed by atoms with Gasteiger partial charge in [0.05, 0.1) is 6.26 Å². The van der Waals surface area contributed by atoms with Gasteiger partial charge in [0.25, 0.3) is 0 Å². The average Bonchev–Trinajstić information content (AvgIpc) is 2.66. The molecule has 0 aliphatic rings. The van der Waals surface area contributed by atoms with E-state index in [1.807, 2.05) is 0 Å². The molecule has 1 aromatic rings. The molecule has 15 heavy (non-hydrogen) atoms. The molecule has 0 saturated carbocycles. The molecule has 0 aromatic carbocycles. The van der Waals surface area contributed by atoms with Gasteiger partial charge in [0, 0.05) is 12.6 Å². The monoisotopic (exact) mass is 207 g/mol. The summed E-state index contributed by atoms with van der Waals surface area (Å²) in [7, 11) is 0. The van der Waals surface area contributed by atoms with Gasteiger partial charge >= 0.3 is 0 Å². The lowest BCUT2D eigenvalue weighted by molar-refractivity contribution is -0.116. The Balaban J connectivity index is 2.24. The second-order valence-electron chi connectivity index (χ2n) is 3.82. The van der Waals surface area contributed by atoms with Crippen molar-refractivity contribution in [3.8, 4) is 0 Å². The van der Waals surface area contributed by atoms with E-state index in [2.05, 4.69) is 19.2 Å². The summed E-state index contributed by atoms with van der Waals surface area (Å²) in [5, 5.41) is 2.81. The van der Waals surface area contributed by atoms with Crippen molar-refractivity contribution in [1.29, 1.82) is 0 Å². The second-order valence-corrected chi connectivity index (χ2v) is 3.82. The lowest BCUT2D eigenvalue weighted by atomic mass is 10.1. The normalized spacial score (nSPS) is 11.1. The minimum absolute atomic E-state index is 0.0768. The number of hydrogen-bond donors (Lipinski definition) is 1. The highest BCUT2D eigenvalue weighted by atomic mass is 16.3. The molecule has 1 aromatic heterocycles. The summed E-state index contributed by atoms with van der Waals surface area (Å²) in [6.07, 6.45) is 5.72. The quantitative estimate of drug-likeness (QED) is 0.753. The number of rotatable bonds is 5. The highest BCUT2D eigenvalue weighted by Crippen LogP contribution is 2.01. The summed E-state index contributed by atoms with van der Waals surface area (Å²) >= 11 is 0. The molecule has 1 amide bonds. The average molecular weight is 207 g/mol. The first-order chi connectivity index (χ1) is 7.18. The summed E-state index contributed by atoms with van der Waals surface area (Å²) in [6.45, 7) is 4.98. The number of furan rings is 1. The topological polar surface area (TPSA) is 42.2 Å². The Morgan fingerprint density at radius 1 is 1.60 bits per heavy atom. The van der Waals surface area contributed by atoms with Crippen molar-refractivity contribution in [2.75, 3.05) is 6.54 Å². The van der Waals surface area contributed by atoms with Crippen molar-refractivity contribution in [3.05, 3.63) is 30.2 Å². The smallest absolute Gasteiger partial charge is 0.244 e. The molecule has 0 atom stereocenters. The zero-order valence-corrected chi connectivity index (χ0v) is 9.19. The van der Waals surface area contributed by atoms with Gasteiger partial charge in [-0.3, -0.25) is 4.79 Å². The zero-order chi connectivity index (χ0) is 11.1. The Kier molecular flexibility index (Phi) is 4.68. The van der Waals surface area contributed by atoms with E-state index in [-0.39, 0.29) is 5.91 Å². The number of carbonyl (C=O) groups is 1. The number of carbonyl (C=O) groups excluding carboxylic acids is 1. The maximum absolute atomic E-state index is 11.3. The lowest BCUT2D eigenvalue weighted by Gasteiger charge is -2.04. The first-order valence-corrected chi connectivity index (χ1v) is 5.18. The molecular formula is C12H17NO2. The molecule has 3 heteroatoms. The highest BCUT2D eigenvalue weighted by molar-refractivity contribution is 5.91. The molecule has 0 saturated heterocycles. The predicted octanol–water partition coefficient (Wildman–Crippen LogP) is 2.46. The van der Waals surface area contributed by atoms with Crippen molar-refractivity contribution in [2.24, 2.45) is 5.92 Å². The van der Waals surface area contributed by atoms with Crippen molar-refractivity contribution in [3.63, 3.8) is 0 Å². The van der Waals surface area contributed by atoms with Crippen LogP contribution in [0, 0.1) is 5.92 Å². The van der Waals surface area contributed by atoms with E-state index in [1.165, 1.54) is 6.08 Å². The van der Waals surface area contributed by atoms with E-state index in [4.69, 9.17) is 4.42 Å². The predicted molar refractivity (Wildman–Crippen MR) is 60.2 cm³/mol. The fourth-order valence-corrected chi connectivity index (χ4v) is 1.09. The molecule has 0 aliphatic heterocycles. The molecule has 0 radical (unpaired) electrons. The van der Waals surface area contributed by atoms with Crippen LogP contribution < -0.4 is 5.32 Å². The van der Waals surface area contributed by atoms with Gasteiger partial charge in [0.15, 0.2) is 0 Å². The third-order valence-electron chi connectivity index (χ3n) is 1.96. The number of amides is 1. The SMILES string of the molecule is CC(C)CCNC(=O)/C=C/c1ccco1. The van der Waals surface area contributed by atoms with Crippen LogP contribution in [0.25, 0.3) is 6.08 Å². The molecule has 3 nitrogen and oxygen atoms in total. The molecule has 0 aliphatic carbocycles. The van der Waals surface area contributed by atoms with Crippen molar-refractivity contribution >= 4 is 12.0 Å². The molecule has 1 N–H and O–H groups in total. The summed E-state index contributed by atoms with van der Waals surface area (Å²) in [6, 6.07) is 3.59. The third-order valence-corrected chi connectivity index (χ3v) is 1.96. The summed E-state index contributed by atoms with van der Waals surface area (Å²) in [4.78, 5) is 11.3. The highest BCUT2D eigenvalue weighted by Gasteiger charge is 1.97. The molecule has 0 bridgehead atoms. The second kappa shape index (κ2) is 6.06. The molecule has 0 fully saturated rings. The van der Waals surface area contributed by atoms with Gasteiger partial charge in [0.1, 0.15) is 5.76 Å². The maximum Gasteiger partial charge on any atom is 0.244 e. The van der Waals surface area contributed by atoms with Crippen LogP contribution in [0.3, 0.4) is 0 Å². The van der Waals surface area contributed by atoms with Gasteiger partial charge in [-0.1, -0.05) is 13.8 Å². The van der Waals surface area contributed by atoms with Gasteiger partial charge in [-0.25, -0.2) is 0 Å². The van der Waals surface area contributed by atoms with Crippen LogP contribution in [-0.2, 0) is 4.79 Å². The Bertz CT molecular complexity index is 312. The van der Waals surface area contributed by atoms with Crippen LogP contribution >= 0.6 is 0 Å². The zero-order valence-electron chi connectivity index (χ0n) is 9.19. The van der Waals surface area contributed by atoms with E-state index in [0.717, 1.165) is 13.0 Å². The first-order valence-electron chi connectivity index (χ1n) is 5.18. The van der Waals surface area contributed by atoms with Crippen LogP contribution in [-0.4, -0.2) is 12.5 Å². The molecule has 1 rings (SSSR count). The van der Waals surface area contributed by atoms with Gasteiger partial charge in [0.2, 0.25) is 5.91 Å². The first kappa shape index (κ1) is 11.6. The number of nitrogens with one attached hydrogen (secondary N) is 1. The van der Waals surface area contributed by atoms with Crippen LogP contribution in [0.15, 0.2) is 28.9 Å². The fraction of sp³-hybridized carbons (Fsp3) is 0.417. The van der Waals surface area contributed by atoms with Gasteiger partial charge in [-0.15, -0.1) is 0 Å². The fourth-order valence-electron chi connectivity index (χ4n) is 1.09. The summed E-state index contributed by atoms with van der Waals surface area (Å²) in [5.41, 5.74) is 0. The standard InChI is InChI=1S/C12H17NO2/c1-10(2)7-8-13-12(14)6-5-11-4-3-9-15-11/h3-6,9-10H,7-8H2,1-2H3,(H,13,14)/b6-5+. The Morgan fingerprint density at radius 3 is 3.00 bits per heavy atom. The number of hydrogen-bond acceptors (Lipinski definition) is 2. The summed E-state index contributed by atoms with van der Waals surface area (Å²) in [5.74, 6) is 1.22. The Hall–Kier alpha value is -1.51. The van der Waals surface area contributed by atoms with E-state index in [0.29, 0.717) is 11.7 Å². The van der Waals surface area contributed by atoms with Gasteiger partial charge in [-0.2, -0.15) is 0 Å². The minimum atomic E-state index is -0.0768. The van der Waals surface area contributed by atoms with Gasteiger partial charge in [-0.05, 0) is 30.5 Å². The van der Waals surface area contributed by atoms with Crippen molar-refractivity contribution < 1.29 is 9.21 Å². The molecule has 82 valence electrons. The summed E-state index contributed by atoms with van der Waals surface area (Å²) < 4.78 is 5.06. The van der Waals surface area contributed by atoms with Crippen LogP contribution in [0.4, 0.5) is 0 Å². The van der Waals surface area contributed by atoms with E-state index >= 15 is 0 Å². The van der Waals surface area contributed by atoms with Crippen LogP contribution in [0.1, 0.15) is 26.0 Å². The molecule has 0 unspecified atom stereocenters. The van der Waals surface area contributed by atoms with Gasteiger partial charge < -0.3 is 9.73 Å². The van der Waals surface area contributed by atoms with Crippen LogP contribution in [0.2, 0.25) is 0 Å². The Labute approximate surface area is 90.2 Å². The van der Waals surface area contributed by atoms with Crippen LogP contribution in [0.5, 0.6) is 0 Å². The Morgan fingerprint density at radius 2 is 2.40 bits per heavy atom. The molecule has 0 spiro atoms.